The predicted molar refractivity (Wildman–Crippen MR) is 62.3 cm³/mol. The zero-order valence-corrected chi connectivity index (χ0v) is 9.79. The molecule has 4 nitrogen and oxygen atoms in total. The van der Waals surface area contributed by atoms with E-state index < -0.39 is 0 Å². The molecule has 84 valence electrons. The lowest BCUT2D eigenvalue weighted by molar-refractivity contribution is 0.206. The summed E-state index contributed by atoms with van der Waals surface area (Å²) >= 11 is 5.92. The van der Waals surface area contributed by atoms with Gasteiger partial charge in [-0.3, -0.25) is 0 Å². The molecule has 1 aromatic rings. The quantitative estimate of drug-likeness (QED) is 0.827. The Balaban J connectivity index is 2.76. The summed E-state index contributed by atoms with van der Waals surface area (Å²) < 4.78 is 4.99. The first kappa shape index (κ1) is 12.2. The number of methoxy groups -OCH3 is 1. The van der Waals surface area contributed by atoms with Crippen LogP contribution < -0.4 is 10.6 Å². The molecule has 0 saturated carbocycles. The number of ether oxygens (including phenoxy) is 1. The minimum atomic E-state index is 0.352. The summed E-state index contributed by atoms with van der Waals surface area (Å²) in [6.07, 6.45) is 0. The zero-order valence-electron chi connectivity index (χ0n) is 9.03. The van der Waals surface area contributed by atoms with Gasteiger partial charge >= 0.3 is 0 Å². The molecule has 0 spiro atoms. The Kier molecular flexibility index (Phi) is 4.81. The predicted octanol–water partition coefficient (Wildman–Crippen LogP) is 1.28. The highest BCUT2D eigenvalue weighted by Crippen LogP contribution is 2.17. The van der Waals surface area contributed by atoms with E-state index in [9.17, 15) is 0 Å². The van der Waals surface area contributed by atoms with Gasteiger partial charge in [0, 0.05) is 27.2 Å². The second-order valence-corrected chi connectivity index (χ2v) is 3.62. The molecule has 0 radical (unpaired) electrons. The van der Waals surface area contributed by atoms with Crippen molar-refractivity contribution in [2.24, 2.45) is 5.73 Å². The van der Waals surface area contributed by atoms with Gasteiger partial charge in [-0.25, -0.2) is 4.98 Å². The van der Waals surface area contributed by atoms with Crippen molar-refractivity contribution in [3.8, 4) is 0 Å². The monoisotopic (exact) mass is 229 g/mol. The highest BCUT2D eigenvalue weighted by Gasteiger charge is 2.05. The van der Waals surface area contributed by atoms with E-state index in [-0.39, 0.29) is 0 Å². The van der Waals surface area contributed by atoms with Crippen molar-refractivity contribution >= 4 is 17.4 Å². The largest absolute Gasteiger partial charge is 0.383 e. The molecule has 2 N–H and O–H groups in total. The third-order valence-corrected chi connectivity index (χ3v) is 2.46. The summed E-state index contributed by atoms with van der Waals surface area (Å²) in [6, 6.07) is 3.69. The number of likely N-dealkylation sites (N-methyl/N-ethyl adjacent to an activating group) is 1. The van der Waals surface area contributed by atoms with E-state index in [4.69, 9.17) is 22.1 Å². The van der Waals surface area contributed by atoms with E-state index >= 15 is 0 Å². The summed E-state index contributed by atoms with van der Waals surface area (Å²) in [5.41, 5.74) is 6.25. The van der Waals surface area contributed by atoms with Crippen LogP contribution in [0.2, 0.25) is 5.02 Å². The number of pyridine rings is 1. The smallest absolute Gasteiger partial charge is 0.128 e. The van der Waals surface area contributed by atoms with E-state index in [1.54, 1.807) is 7.11 Å². The molecule has 5 heteroatoms. The minimum Gasteiger partial charge on any atom is -0.383 e. The number of hydrogen-bond acceptors (Lipinski definition) is 4. The molecular formula is C10H16ClN3O. The summed E-state index contributed by atoms with van der Waals surface area (Å²) in [5.74, 6) is 0.858. The molecule has 1 rings (SSSR count). The van der Waals surface area contributed by atoms with Gasteiger partial charge in [0.2, 0.25) is 0 Å². The van der Waals surface area contributed by atoms with Crippen LogP contribution in [0.3, 0.4) is 0 Å². The second-order valence-electron chi connectivity index (χ2n) is 3.22. The average Bonchev–Trinajstić information content (AvgIpc) is 2.26. The topological polar surface area (TPSA) is 51.4 Å². The molecule has 0 atom stereocenters. The first-order valence-corrected chi connectivity index (χ1v) is 5.12. The number of nitrogens with two attached hydrogens (primary N) is 1. The third-order valence-electron chi connectivity index (χ3n) is 2.12. The summed E-state index contributed by atoms with van der Waals surface area (Å²) in [5, 5.41) is 0.612. The van der Waals surface area contributed by atoms with Crippen LogP contribution in [0.4, 0.5) is 5.82 Å². The van der Waals surface area contributed by atoms with Crippen molar-refractivity contribution in [3.63, 3.8) is 0 Å². The van der Waals surface area contributed by atoms with E-state index in [1.165, 1.54) is 0 Å². The van der Waals surface area contributed by atoms with Crippen LogP contribution in [0.1, 0.15) is 5.69 Å². The molecule has 1 heterocycles. The van der Waals surface area contributed by atoms with Gasteiger partial charge in [0.05, 0.1) is 17.3 Å². The minimum absolute atomic E-state index is 0.352. The lowest BCUT2D eigenvalue weighted by Gasteiger charge is -2.18. The molecule has 0 amide bonds. The van der Waals surface area contributed by atoms with E-state index in [0.717, 1.165) is 18.1 Å². The fourth-order valence-electron chi connectivity index (χ4n) is 1.17. The Morgan fingerprint density at radius 3 is 2.87 bits per heavy atom. The highest BCUT2D eigenvalue weighted by atomic mass is 35.5. The van der Waals surface area contributed by atoms with Crippen molar-refractivity contribution < 1.29 is 4.74 Å². The maximum atomic E-state index is 5.92. The van der Waals surface area contributed by atoms with Crippen molar-refractivity contribution in [2.75, 3.05) is 32.2 Å². The van der Waals surface area contributed by atoms with E-state index in [2.05, 4.69) is 4.98 Å². The Morgan fingerprint density at radius 1 is 1.53 bits per heavy atom. The molecular weight excluding hydrogens is 214 g/mol. The van der Waals surface area contributed by atoms with Gasteiger partial charge in [0.15, 0.2) is 0 Å². The third kappa shape index (κ3) is 3.34. The average molecular weight is 230 g/mol. The Morgan fingerprint density at radius 2 is 2.27 bits per heavy atom. The van der Waals surface area contributed by atoms with Crippen LogP contribution in [0, 0.1) is 0 Å². The Bertz CT molecular complexity index is 320. The number of halogens is 1. The Hall–Kier alpha value is -0.840. The highest BCUT2D eigenvalue weighted by molar-refractivity contribution is 6.31. The molecule has 0 aliphatic heterocycles. The maximum absolute atomic E-state index is 5.92. The van der Waals surface area contributed by atoms with Gasteiger partial charge in [0.25, 0.3) is 0 Å². The molecule has 0 bridgehead atoms. The molecule has 0 aromatic carbocycles. The molecule has 0 fully saturated rings. The first-order valence-electron chi connectivity index (χ1n) is 4.74. The second kappa shape index (κ2) is 5.90. The van der Waals surface area contributed by atoms with Crippen LogP contribution >= 0.6 is 11.6 Å². The number of rotatable bonds is 5. The molecule has 15 heavy (non-hydrogen) atoms. The molecule has 0 unspecified atom stereocenters. The van der Waals surface area contributed by atoms with E-state index in [0.29, 0.717) is 18.2 Å². The number of nitrogens with zero attached hydrogens (tertiary/aromatic N) is 2. The van der Waals surface area contributed by atoms with Gasteiger partial charge in [-0.05, 0) is 12.1 Å². The molecule has 1 aromatic heterocycles. The van der Waals surface area contributed by atoms with E-state index in [1.807, 2.05) is 24.1 Å². The van der Waals surface area contributed by atoms with Crippen LogP contribution in [0.15, 0.2) is 12.1 Å². The van der Waals surface area contributed by atoms with Gasteiger partial charge in [-0.1, -0.05) is 11.6 Å². The lowest BCUT2D eigenvalue weighted by atomic mass is 10.3. The molecule has 0 aliphatic carbocycles. The van der Waals surface area contributed by atoms with Gasteiger partial charge in [-0.2, -0.15) is 0 Å². The molecule has 0 aliphatic rings. The lowest BCUT2D eigenvalue weighted by Crippen LogP contribution is -2.23. The van der Waals surface area contributed by atoms with Gasteiger partial charge in [0.1, 0.15) is 5.82 Å². The normalized spacial score (nSPS) is 10.4. The van der Waals surface area contributed by atoms with Crippen molar-refractivity contribution in [1.29, 1.82) is 0 Å². The van der Waals surface area contributed by atoms with Crippen molar-refractivity contribution in [2.45, 2.75) is 6.54 Å². The SMILES string of the molecule is COCCN(C)c1ccc(Cl)c(CN)n1. The zero-order chi connectivity index (χ0) is 11.3. The summed E-state index contributed by atoms with van der Waals surface area (Å²) in [6.45, 7) is 1.80. The van der Waals surface area contributed by atoms with Crippen LogP contribution in [0.25, 0.3) is 0 Å². The van der Waals surface area contributed by atoms with Crippen molar-refractivity contribution in [1.82, 2.24) is 4.98 Å². The Labute approximate surface area is 95.0 Å². The number of anilines is 1. The molecule has 0 saturated heterocycles. The van der Waals surface area contributed by atoms with Crippen LogP contribution in [0.5, 0.6) is 0 Å². The number of hydrogen-bond donors (Lipinski definition) is 1. The summed E-state index contributed by atoms with van der Waals surface area (Å²) in [4.78, 5) is 6.36. The van der Waals surface area contributed by atoms with Gasteiger partial charge < -0.3 is 15.4 Å². The van der Waals surface area contributed by atoms with Gasteiger partial charge in [-0.15, -0.1) is 0 Å². The standard InChI is InChI=1S/C10H16ClN3O/c1-14(5-6-15-2)10-4-3-8(11)9(7-12)13-10/h3-4H,5-7,12H2,1-2H3. The fourth-order valence-corrected chi connectivity index (χ4v) is 1.35. The van der Waals surface area contributed by atoms with Crippen molar-refractivity contribution in [3.05, 3.63) is 22.8 Å². The van der Waals surface area contributed by atoms with Crippen LogP contribution in [-0.2, 0) is 11.3 Å². The summed E-state index contributed by atoms with van der Waals surface area (Å²) in [7, 11) is 3.63. The fraction of sp³-hybridized carbons (Fsp3) is 0.500. The first-order chi connectivity index (χ1) is 7.19. The maximum Gasteiger partial charge on any atom is 0.128 e. The number of aromatic nitrogens is 1. The van der Waals surface area contributed by atoms with Crippen LogP contribution in [-0.4, -0.2) is 32.3 Å².